The summed E-state index contributed by atoms with van der Waals surface area (Å²) in [6.07, 6.45) is 6.87. The van der Waals surface area contributed by atoms with Crippen LogP contribution in [0.1, 0.15) is 49.4 Å². The standard InChI is InChI=1S/C24H27ClN4OS/c25-20-13-11-18(12-14-20)15-16-26-22(30)17-31-24-27-23(19-7-3-1-4-8-19)29(28-24)21-9-5-2-6-10-21/h2,5-6,9-14,19H,1,3-4,7-8,15-17H2,(H,26,30). The maximum atomic E-state index is 12.3. The van der Waals surface area contributed by atoms with Gasteiger partial charge in [0.25, 0.3) is 0 Å². The normalized spacial score (nSPS) is 14.5. The largest absolute Gasteiger partial charge is 0.355 e. The van der Waals surface area contributed by atoms with E-state index in [4.69, 9.17) is 21.7 Å². The van der Waals surface area contributed by atoms with Crippen molar-refractivity contribution in [2.45, 2.75) is 49.6 Å². The molecule has 0 aliphatic heterocycles. The first-order chi connectivity index (χ1) is 15.2. The molecule has 1 amide bonds. The summed E-state index contributed by atoms with van der Waals surface area (Å²) in [6, 6.07) is 17.8. The summed E-state index contributed by atoms with van der Waals surface area (Å²) in [6.45, 7) is 0.597. The first-order valence-corrected chi connectivity index (χ1v) is 12.2. The Morgan fingerprint density at radius 2 is 1.81 bits per heavy atom. The second-order valence-electron chi connectivity index (χ2n) is 7.85. The fourth-order valence-electron chi connectivity index (χ4n) is 3.93. The van der Waals surface area contributed by atoms with Crippen LogP contribution in [0.15, 0.2) is 59.8 Å². The molecule has 3 aromatic rings. The van der Waals surface area contributed by atoms with Gasteiger partial charge in [0, 0.05) is 17.5 Å². The van der Waals surface area contributed by atoms with Gasteiger partial charge in [0.2, 0.25) is 11.1 Å². The summed E-state index contributed by atoms with van der Waals surface area (Å²) in [4.78, 5) is 17.1. The molecule has 1 saturated carbocycles. The van der Waals surface area contributed by atoms with Crippen LogP contribution in [-0.2, 0) is 11.2 Å². The van der Waals surface area contributed by atoms with Crippen molar-refractivity contribution in [1.29, 1.82) is 0 Å². The number of halogens is 1. The number of carbonyl (C=O) groups excluding carboxylic acids is 1. The van der Waals surface area contributed by atoms with E-state index in [2.05, 4.69) is 17.4 Å². The molecule has 162 valence electrons. The Kier molecular flexibility index (Phi) is 7.65. The number of thioether (sulfide) groups is 1. The van der Waals surface area contributed by atoms with E-state index < -0.39 is 0 Å². The molecule has 1 fully saturated rings. The smallest absolute Gasteiger partial charge is 0.230 e. The molecule has 4 rings (SSSR count). The monoisotopic (exact) mass is 454 g/mol. The zero-order valence-corrected chi connectivity index (χ0v) is 19.0. The van der Waals surface area contributed by atoms with Gasteiger partial charge < -0.3 is 5.32 Å². The Morgan fingerprint density at radius 3 is 2.55 bits per heavy atom. The predicted octanol–water partition coefficient (Wildman–Crippen LogP) is 5.42. The Labute approximate surface area is 192 Å². The number of carbonyl (C=O) groups is 1. The summed E-state index contributed by atoms with van der Waals surface area (Å²) in [5.41, 5.74) is 2.17. The number of hydrogen-bond acceptors (Lipinski definition) is 4. The fraction of sp³-hybridized carbons (Fsp3) is 0.375. The molecule has 0 unspecified atom stereocenters. The van der Waals surface area contributed by atoms with Crippen LogP contribution in [0.5, 0.6) is 0 Å². The van der Waals surface area contributed by atoms with Gasteiger partial charge in [-0.2, -0.15) is 0 Å². The predicted molar refractivity (Wildman–Crippen MR) is 126 cm³/mol. The molecule has 0 saturated heterocycles. The third-order valence-electron chi connectivity index (χ3n) is 5.57. The number of nitrogens with zero attached hydrogens (tertiary/aromatic N) is 3. The molecule has 2 aromatic carbocycles. The highest BCUT2D eigenvalue weighted by atomic mass is 35.5. The van der Waals surface area contributed by atoms with Crippen LogP contribution >= 0.6 is 23.4 Å². The van der Waals surface area contributed by atoms with E-state index in [0.717, 1.165) is 41.4 Å². The second kappa shape index (κ2) is 10.8. The van der Waals surface area contributed by atoms with Gasteiger partial charge in [0.1, 0.15) is 5.82 Å². The van der Waals surface area contributed by atoms with Crippen molar-refractivity contribution in [2.75, 3.05) is 12.3 Å². The molecule has 0 radical (unpaired) electrons. The number of benzene rings is 2. The van der Waals surface area contributed by atoms with Crippen molar-refractivity contribution in [2.24, 2.45) is 0 Å². The highest BCUT2D eigenvalue weighted by molar-refractivity contribution is 7.99. The van der Waals surface area contributed by atoms with Crippen molar-refractivity contribution < 1.29 is 4.79 Å². The summed E-state index contributed by atoms with van der Waals surface area (Å²) in [5.74, 6) is 1.76. The minimum Gasteiger partial charge on any atom is -0.355 e. The van der Waals surface area contributed by atoms with Gasteiger partial charge in [-0.05, 0) is 49.1 Å². The van der Waals surface area contributed by atoms with Crippen molar-refractivity contribution in [3.63, 3.8) is 0 Å². The topological polar surface area (TPSA) is 59.8 Å². The van der Waals surface area contributed by atoms with Crippen LogP contribution in [0.25, 0.3) is 5.69 Å². The zero-order chi connectivity index (χ0) is 21.5. The maximum absolute atomic E-state index is 12.3. The number of amides is 1. The highest BCUT2D eigenvalue weighted by Crippen LogP contribution is 2.33. The van der Waals surface area contributed by atoms with Crippen LogP contribution in [0, 0.1) is 0 Å². The van der Waals surface area contributed by atoms with E-state index in [0.29, 0.717) is 23.4 Å². The molecular weight excluding hydrogens is 428 g/mol. The highest BCUT2D eigenvalue weighted by Gasteiger charge is 2.23. The number of nitrogens with one attached hydrogen (secondary N) is 1. The lowest BCUT2D eigenvalue weighted by molar-refractivity contribution is -0.118. The van der Waals surface area contributed by atoms with Crippen molar-refractivity contribution in [3.8, 4) is 5.69 Å². The molecule has 1 aliphatic carbocycles. The summed E-state index contributed by atoms with van der Waals surface area (Å²) in [5, 5.41) is 9.10. The maximum Gasteiger partial charge on any atom is 0.230 e. The molecule has 0 bridgehead atoms. The van der Waals surface area contributed by atoms with E-state index in [1.54, 1.807) is 0 Å². The SMILES string of the molecule is O=C(CSc1nc(C2CCCCC2)n(-c2ccccc2)n1)NCCc1ccc(Cl)cc1. The van der Waals surface area contributed by atoms with Crippen molar-refractivity contribution >= 4 is 29.3 Å². The van der Waals surface area contributed by atoms with Crippen molar-refractivity contribution in [1.82, 2.24) is 20.1 Å². The van der Waals surface area contributed by atoms with Crippen LogP contribution in [0.3, 0.4) is 0 Å². The number of aromatic nitrogens is 3. The van der Waals surface area contributed by atoms with E-state index >= 15 is 0 Å². The zero-order valence-electron chi connectivity index (χ0n) is 17.5. The second-order valence-corrected chi connectivity index (χ2v) is 9.23. The quantitative estimate of drug-likeness (QED) is 0.461. The van der Waals surface area contributed by atoms with Crippen molar-refractivity contribution in [3.05, 3.63) is 71.0 Å². The number of rotatable bonds is 8. The molecule has 1 N–H and O–H groups in total. The van der Waals surface area contributed by atoms with Gasteiger partial charge >= 0.3 is 0 Å². The Hall–Kier alpha value is -2.31. The van der Waals surface area contributed by atoms with Gasteiger partial charge in [-0.25, -0.2) is 9.67 Å². The lowest BCUT2D eigenvalue weighted by Gasteiger charge is -2.21. The fourth-order valence-corrected chi connectivity index (χ4v) is 4.71. The molecule has 1 heterocycles. The average molecular weight is 455 g/mol. The van der Waals surface area contributed by atoms with Gasteiger partial charge in [-0.1, -0.05) is 73.0 Å². The molecule has 1 aliphatic rings. The summed E-state index contributed by atoms with van der Waals surface area (Å²) >= 11 is 7.31. The molecule has 31 heavy (non-hydrogen) atoms. The van der Waals surface area contributed by atoms with Gasteiger partial charge in [0.15, 0.2) is 0 Å². The first kappa shape index (κ1) is 21.9. The van der Waals surface area contributed by atoms with Gasteiger partial charge in [0.05, 0.1) is 11.4 Å². The van der Waals surface area contributed by atoms with Crippen LogP contribution in [-0.4, -0.2) is 33.0 Å². The van der Waals surface area contributed by atoms with E-state index in [9.17, 15) is 4.79 Å². The van der Waals surface area contributed by atoms with E-state index in [1.165, 1.54) is 31.0 Å². The molecule has 7 heteroatoms. The lowest BCUT2D eigenvalue weighted by atomic mass is 9.88. The Morgan fingerprint density at radius 1 is 1.06 bits per heavy atom. The minimum absolute atomic E-state index is 0.00533. The molecule has 1 aromatic heterocycles. The molecule has 0 atom stereocenters. The average Bonchev–Trinajstić information content (AvgIpc) is 3.25. The third kappa shape index (κ3) is 6.11. The number of para-hydroxylation sites is 1. The number of hydrogen-bond donors (Lipinski definition) is 1. The van der Waals surface area contributed by atoms with E-state index in [-0.39, 0.29) is 5.91 Å². The lowest BCUT2D eigenvalue weighted by Crippen LogP contribution is -2.27. The van der Waals surface area contributed by atoms with Gasteiger partial charge in [-0.3, -0.25) is 4.79 Å². The minimum atomic E-state index is -0.00533. The molecular formula is C24H27ClN4OS. The summed E-state index contributed by atoms with van der Waals surface area (Å²) < 4.78 is 1.97. The van der Waals surface area contributed by atoms with Crippen LogP contribution in [0.2, 0.25) is 5.02 Å². The Balaban J connectivity index is 1.36. The Bertz CT molecular complexity index is 985. The van der Waals surface area contributed by atoms with Crippen LogP contribution < -0.4 is 5.32 Å². The first-order valence-electron chi connectivity index (χ1n) is 10.9. The summed E-state index contributed by atoms with van der Waals surface area (Å²) in [7, 11) is 0. The van der Waals surface area contributed by atoms with Crippen LogP contribution in [0.4, 0.5) is 0 Å². The molecule has 0 spiro atoms. The van der Waals surface area contributed by atoms with E-state index in [1.807, 2.05) is 47.1 Å². The third-order valence-corrected chi connectivity index (χ3v) is 6.65. The molecule has 5 nitrogen and oxygen atoms in total. The van der Waals surface area contributed by atoms with Gasteiger partial charge in [-0.15, -0.1) is 5.10 Å².